The zero-order chi connectivity index (χ0) is 9.19. The van der Waals surface area contributed by atoms with Crippen LogP contribution < -0.4 is 5.73 Å². The van der Waals surface area contributed by atoms with Crippen molar-refractivity contribution in [1.29, 1.82) is 0 Å². The van der Waals surface area contributed by atoms with Crippen molar-refractivity contribution in [1.82, 2.24) is 4.90 Å². The van der Waals surface area contributed by atoms with E-state index < -0.39 is 13.5 Å². The van der Waals surface area contributed by atoms with Crippen molar-refractivity contribution in [3.8, 4) is 0 Å². The topological polar surface area (TPSA) is 96.0 Å². The molecule has 1 atom stereocenters. The minimum absolute atomic E-state index is 0.478. The van der Waals surface area contributed by atoms with Crippen molar-refractivity contribution < 1.29 is 19.1 Å². The van der Waals surface area contributed by atoms with Crippen molar-refractivity contribution in [2.75, 3.05) is 26.3 Å². The van der Waals surface area contributed by atoms with E-state index in [-0.39, 0.29) is 0 Å². The Morgan fingerprint density at radius 1 is 1.42 bits per heavy atom. The second kappa shape index (κ2) is 3.83. The fourth-order valence-electron chi connectivity index (χ4n) is 1.05. The molecule has 1 fully saturated rings. The SMILES string of the molecule is NC(N1CCOCC1)P(=O)(O)O. The molecule has 0 aromatic carbocycles. The maximum Gasteiger partial charge on any atom is 0.356 e. The van der Waals surface area contributed by atoms with E-state index in [1.165, 1.54) is 4.90 Å². The van der Waals surface area contributed by atoms with Gasteiger partial charge in [0.15, 0.2) is 5.91 Å². The number of hydrogen-bond donors (Lipinski definition) is 3. The molecule has 1 heterocycles. The Labute approximate surface area is 70.5 Å². The highest BCUT2D eigenvalue weighted by Crippen LogP contribution is 2.39. The van der Waals surface area contributed by atoms with E-state index in [2.05, 4.69) is 0 Å². The van der Waals surface area contributed by atoms with Gasteiger partial charge in [0.2, 0.25) is 0 Å². The Morgan fingerprint density at radius 2 is 1.92 bits per heavy atom. The van der Waals surface area contributed by atoms with Crippen LogP contribution in [0.15, 0.2) is 0 Å². The summed E-state index contributed by atoms with van der Waals surface area (Å²) in [6, 6.07) is 0. The van der Waals surface area contributed by atoms with Gasteiger partial charge >= 0.3 is 7.60 Å². The molecule has 6 nitrogen and oxygen atoms in total. The summed E-state index contributed by atoms with van der Waals surface area (Å²) in [5, 5.41) is 0. The molecule has 1 rings (SSSR count). The van der Waals surface area contributed by atoms with Crippen molar-refractivity contribution in [3.05, 3.63) is 0 Å². The summed E-state index contributed by atoms with van der Waals surface area (Å²) < 4.78 is 15.7. The monoisotopic (exact) mass is 196 g/mol. The fraction of sp³-hybridized carbons (Fsp3) is 1.00. The maximum atomic E-state index is 10.7. The molecule has 72 valence electrons. The highest BCUT2D eigenvalue weighted by molar-refractivity contribution is 7.52. The first-order valence-corrected chi connectivity index (χ1v) is 5.32. The quantitative estimate of drug-likeness (QED) is 0.477. The van der Waals surface area contributed by atoms with Gasteiger partial charge in [0.05, 0.1) is 13.2 Å². The molecule has 0 aliphatic carbocycles. The molecule has 7 heteroatoms. The van der Waals surface area contributed by atoms with Gasteiger partial charge in [0.1, 0.15) is 0 Å². The summed E-state index contributed by atoms with van der Waals surface area (Å²) in [5.74, 6) is -1.18. The Morgan fingerprint density at radius 3 is 2.33 bits per heavy atom. The lowest BCUT2D eigenvalue weighted by molar-refractivity contribution is 0.0279. The first-order valence-electron chi connectivity index (χ1n) is 3.64. The Hall–Kier alpha value is 0.0300. The van der Waals surface area contributed by atoms with Crippen LogP contribution in [-0.4, -0.2) is 46.9 Å². The highest BCUT2D eigenvalue weighted by Gasteiger charge is 2.31. The first kappa shape index (κ1) is 10.1. The van der Waals surface area contributed by atoms with E-state index in [1.54, 1.807) is 0 Å². The second-order valence-corrected chi connectivity index (χ2v) is 4.36. The second-order valence-electron chi connectivity index (χ2n) is 2.65. The summed E-state index contributed by atoms with van der Waals surface area (Å²) >= 11 is 0. The molecule has 1 unspecified atom stereocenters. The summed E-state index contributed by atoms with van der Waals surface area (Å²) in [7, 11) is -4.18. The molecule has 12 heavy (non-hydrogen) atoms. The van der Waals surface area contributed by atoms with Crippen molar-refractivity contribution >= 4 is 7.60 Å². The molecule has 0 saturated carbocycles. The number of ether oxygens (including phenoxy) is 1. The van der Waals surface area contributed by atoms with Gasteiger partial charge in [-0.05, 0) is 0 Å². The van der Waals surface area contributed by atoms with Crippen LogP contribution in [0.1, 0.15) is 0 Å². The molecule has 1 saturated heterocycles. The fourth-order valence-corrected chi connectivity index (χ4v) is 1.71. The van der Waals surface area contributed by atoms with Gasteiger partial charge in [-0.2, -0.15) is 0 Å². The zero-order valence-corrected chi connectivity index (χ0v) is 7.48. The van der Waals surface area contributed by atoms with Gasteiger partial charge in [-0.3, -0.25) is 9.46 Å². The van der Waals surface area contributed by atoms with Gasteiger partial charge in [-0.25, -0.2) is 0 Å². The number of nitrogens with zero attached hydrogens (tertiary/aromatic N) is 1. The third-order valence-electron chi connectivity index (χ3n) is 1.76. The molecule has 0 aromatic rings. The smallest absolute Gasteiger partial charge is 0.356 e. The standard InChI is InChI=1S/C5H13N2O4P/c6-5(12(8,9)10)7-1-3-11-4-2-7/h5H,1-4,6H2,(H2,8,9,10). The van der Waals surface area contributed by atoms with E-state index in [0.717, 1.165) is 0 Å². The predicted molar refractivity (Wildman–Crippen MR) is 42.4 cm³/mol. The van der Waals surface area contributed by atoms with Crippen LogP contribution >= 0.6 is 7.60 Å². The molecule has 0 amide bonds. The van der Waals surface area contributed by atoms with Crippen molar-refractivity contribution in [2.24, 2.45) is 5.73 Å². The predicted octanol–water partition coefficient (Wildman–Crippen LogP) is -1.26. The van der Waals surface area contributed by atoms with Crippen LogP contribution in [0.4, 0.5) is 0 Å². The lowest BCUT2D eigenvalue weighted by Gasteiger charge is -2.31. The van der Waals surface area contributed by atoms with Crippen LogP contribution in [-0.2, 0) is 9.30 Å². The molecule has 4 N–H and O–H groups in total. The summed E-state index contributed by atoms with van der Waals surface area (Å²) in [6.07, 6.45) is 0. The van der Waals surface area contributed by atoms with Gasteiger partial charge in [0, 0.05) is 13.1 Å². The first-order chi connectivity index (χ1) is 5.52. The average molecular weight is 196 g/mol. The summed E-state index contributed by atoms with van der Waals surface area (Å²) in [4.78, 5) is 19.0. The molecule has 0 radical (unpaired) electrons. The highest BCUT2D eigenvalue weighted by atomic mass is 31.2. The summed E-state index contributed by atoms with van der Waals surface area (Å²) in [6.45, 7) is 1.92. The molecule has 1 aliphatic heterocycles. The average Bonchev–Trinajstić information content (AvgIpc) is 2.03. The number of morpholine rings is 1. The van der Waals surface area contributed by atoms with Crippen LogP contribution in [0, 0.1) is 0 Å². The lowest BCUT2D eigenvalue weighted by Crippen LogP contribution is -2.47. The Kier molecular flexibility index (Phi) is 3.22. The van der Waals surface area contributed by atoms with Gasteiger partial charge in [-0.15, -0.1) is 0 Å². The third kappa shape index (κ3) is 2.52. The lowest BCUT2D eigenvalue weighted by atomic mass is 10.5. The van der Waals surface area contributed by atoms with Crippen LogP contribution in [0.5, 0.6) is 0 Å². The Balaban J connectivity index is 2.51. The zero-order valence-electron chi connectivity index (χ0n) is 6.59. The van der Waals surface area contributed by atoms with Gasteiger partial charge in [0.25, 0.3) is 0 Å². The molecular weight excluding hydrogens is 183 g/mol. The number of rotatable bonds is 2. The van der Waals surface area contributed by atoms with Gasteiger partial charge in [-0.1, -0.05) is 0 Å². The van der Waals surface area contributed by atoms with E-state index in [4.69, 9.17) is 20.3 Å². The molecule has 0 aromatic heterocycles. The number of nitrogens with two attached hydrogens (primary N) is 1. The molecule has 1 aliphatic rings. The summed E-state index contributed by atoms with van der Waals surface area (Å²) in [5.41, 5.74) is 5.33. The normalized spacial score (nSPS) is 23.9. The minimum atomic E-state index is -4.18. The van der Waals surface area contributed by atoms with Crippen molar-refractivity contribution in [3.63, 3.8) is 0 Å². The molecule has 0 spiro atoms. The minimum Gasteiger partial charge on any atom is -0.379 e. The number of hydrogen-bond acceptors (Lipinski definition) is 4. The van der Waals surface area contributed by atoms with Crippen LogP contribution in [0.25, 0.3) is 0 Å². The maximum absolute atomic E-state index is 10.7. The van der Waals surface area contributed by atoms with E-state index in [9.17, 15) is 4.57 Å². The van der Waals surface area contributed by atoms with E-state index in [0.29, 0.717) is 26.3 Å². The molecule has 0 bridgehead atoms. The van der Waals surface area contributed by atoms with E-state index in [1.807, 2.05) is 0 Å². The largest absolute Gasteiger partial charge is 0.379 e. The molecular formula is C5H13N2O4P. The van der Waals surface area contributed by atoms with Crippen LogP contribution in [0.3, 0.4) is 0 Å². The van der Waals surface area contributed by atoms with Gasteiger partial charge < -0.3 is 20.3 Å². The van der Waals surface area contributed by atoms with Crippen molar-refractivity contribution in [2.45, 2.75) is 5.91 Å². The third-order valence-corrected chi connectivity index (χ3v) is 2.78. The van der Waals surface area contributed by atoms with Crippen LogP contribution in [0.2, 0.25) is 0 Å². The van der Waals surface area contributed by atoms with E-state index >= 15 is 0 Å². The Bertz CT molecular complexity index is 188.